The van der Waals surface area contributed by atoms with Crippen LogP contribution in [0.5, 0.6) is 0 Å². The minimum atomic E-state index is 0.265. The Morgan fingerprint density at radius 1 is 1.29 bits per heavy atom. The molecule has 0 spiro atoms. The summed E-state index contributed by atoms with van der Waals surface area (Å²) in [5, 5.41) is 15.0. The number of anilines is 1. The monoisotopic (exact) mass is 283 g/mol. The van der Waals surface area contributed by atoms with E-state index in [0.717, 1.165) is 29.4 Å². The molecule has 2 heterocycles. The summed E-state index contributed by atoms with van der Waals surface area (Å²) < 4.78 is 7.08. The van der Waals surface area contributed by atoms with Gasteiger partial charge in [-0.3, -0.25) is 0 Å². The molecule has 0 saturated heterocycles. The first-order valence-corrected chi connectivity index (χ1v) is 6.87. The maximum atomic E-state index is 5.37. The number of aryl methyl sites for hydroxylation is 1. The lowest BCUT2D eigenvalue weighted by Crippen LogP contribution is -2.17. The molecule has 1 unspecified atom stereocenters. The van der Waals surface area contributed by atoms with Crippen molar-refractivity contribution in [3.05, 3.63) is 54.2 Å². The SMILES string of the molecule is Cc1nnnn1-c1cccc(NC(C)Cc2ccco2)c1. The number of rotatable bonds is 5. The molecule has 0 saturated carbocycles. The quantitative estimate of drug-likeness (QED) is 0.779. The zero-order chi connectivity index (χ0) is 14.7. The van der Waals surface area contributed by atoms with E-state index < -0.39 is 0 Å². The summed E-state index contributed by atoms with van der Waals surface area (Å²) in [7, 11) is 0. The van der Waals surface area contributed by atoms with Crippen LogP contribution in [0.4, 0.5) is 5.69 Å². The molecule has 0 aliphatic carbocycles. The molecule has 3 aromatic rings. The predicted molar refractivity (Wildman–Crippen MR) is 79.4 cm³/mol. The number of furan rings is 1. The average Bonchev–Trinajstić information content (AvgIpc) is 3.10. The smallest absolute Gasteiger partial charge is 0.153 e. The Kier molecular flexibility index (Phi) is 3.68. The van der Waals surface area contributed by atoms with Gasteiger partial charge in [0.15, 0.2) is 5.82 Å². The number of hydrogen-bond acceptors (Lipinski definition) is 5. The van der Waals surface area contributed by atoms with Gasteiger partial charge in [-0.25, -0.2) is 0 Å². The van der Waals surface area contributed by atoms with Crippen LogP contribution in [0.15, 0.2) is 47.1 Å². The maximum Gasteiger partial charge on any atom is 0.153 e. The molecule has 1 aromatic carbocycles. The Labute approximate surface area is 122 Å². The second kappa shape index (κ2) is 5.78. The molecule has 6 nitrogen and oxygen atoms in total. The fourth-order valence-corrected chi connectivity index (χ4v) is 2.26. The van der Waals surface area contributed by atoms with Crippen LogP contribution in [-0.4, -0.2) is 26.2 Å². The van der Waals surface area contributed by atoms with Gasteiger partial charge in [0.05, 0.1) is 12.0 Å². The molecule has 108 valence electrons. The Hall–Kier alpha value is -2.63. The van der Waals surface area contributed by atoms with E-state index in [1.807, 2.05) is 43.3 Å². The van der Waals surface area contributed by atoms with Gasteiger partial charge in [-0.15, -0.1) is 5.10 Å². The molecule has 1 N–H and O–H groups in total. The summed E-state index contributed by atoms with van der Waals surface area (Å²) in [6, 6.07) is 12.2. The van der Waals surface area contributed by atoms with Gasteiger partial charge in [-0.1, -0.05) is 6.07 Å². The topological polar surface area (TPSA) is 68.8 Å². The molecule has 0 radical (unpaired) electrons. The second-order valence-corrected chi connectivity index (χ2v) is 5.02. The number of nitrogens with one attached hydrogen (secondary N) is 1. The van der Waals surface area contributed by atoms with Crippen molar-refractivity contribution in [3.63, 3.8) is 0 Å². The third kappa shape index (κ3) is 3.10. The van der Waals surface area contributed by atoms with Crippen molar-refractivity contribution in [1.82, 2.24) is 20.2 Å². The highest BCUT2D eigenvalue weighted by atomic mass is 16.3. The lowest BCUT2D eigenvalue weighted by Gasteiger charge is -2.15. The van der Waals surface area contributed by atoms with E-state index in [4.69, 9.17) is 4.42 Å². The van der Waals surface area contributed by atoms with Crippen LogP contribution in [0.3, 0.4) is 0 Å². The molecule has 21 heavy (non-hydrogen) atoms. The van der Waals surface area contributed by atoms with Crippen LogP contribution in [-0.2, 0) is 6.42 Å². The van der Waals surface area contributed by atoms with E-state index in [9.17, 15) is 0 Å². The first-order valence-electron chi connectivity index (χ1n) is 6.87. The van der Waals surface area contributed by atoms with Gasteiger partial charge >= 0.3 is 0 Å². The Morgan fingerprint density at radius 3 is 2.90 bits per heavy atom. The first kappa shape index (κ1) is 13.4. The third-order valence-electron chi connectivity index (χ3n) is 3.22. The summed E-state index contributed by atoms with van der Waals surface area (Å²) in [5.74, 6) is 1.73. The van der Waals surface area contributed by atoms with Crippen LogP contribution < -0.4 is 5.32 Å². The van der Waals surface area contributed by atoms with Crippen molar-refractivity contribution in [2.24, 2.45) is 0 Å². The minimum Gasteiger partial charge on any atom is -0.469 e. The van der Waals surface area contributed by atoms with Gasteiger partial charge in [0.1, 0.15) is 5.76 Å². The zero-order valence-electron chi connectivity index (χ0n) is 12.0. The third-order valence-corrected chi connectivity index (χ3v) is 3.22. The fraction of sp³-hybridized carbons (Fsp3) is 0.267. The second-order valence-electron chi connectivity index (χ2n) is 5.02. The minimum absolute atomic E-state index is 0.265. The largest absolute Gasteiger partial charge is 0.469 e. The highest BCUT2D eigenvalue weighted by Gasteiger charge is 2.08. The molecule has 0 aliphatic rings. The molecule has 1 atom stereocenters. The highest BCUT2D eigenvalue weighted by Crippen LogP contribution is 2.16. The van der Waals surface area contributed by atoms with E-state index in [1.165, 1.54) is 0 Å². The molecular weight excluding hydrogens is 266 g/mol. The summed E-state index contributed by atoms with van der Waals surface area (Å²) in [6.45, 7) is 4.00. The van der Waals surface area contributed by atoms with Crippen LogP contribution in [0.25, 0.3) is 5.69 Å². The van der Waals surface area contributed by atoms with E-state index in [2.05, 4.69) is 27.8 Å². The number of nitrogens with zero attached hydrogens (tertiary/aromatic N) is 4. The van der Waals surface area contributed by atoms with Gasteiger partial charge in [-0.2, -0.15) is 4.68 Å². The van der Waals surface area contributed by atoms with E-state index >= 15 is 0 Å². The molecule has 6 heteroatoms. The van der Waals surface area contributed by atoms with E-state index in [0.29, 0.717) is 0 Å². The van der Waals surface area contributed by atoms with Crippen molar-refractivity contribution in [2.75, 3.05) is 5.32 Å². The van der Waals surface area contributed by atoms with Crippen LogP contribution in [0.2, 0.25) is 0 Å². The summed E-state index contributed by atoms with van der Waals surface area (Å²) in [5.41, 5.74) is 1.97. The first-order chi connectivity index (χ1) is 10.2. The van der Waals surface area contributed by atoms with E-state index in [-0.39, 0.29) is 6.04 Å². The van der Waals surface area contributed by atoms with Crippen LogP contribution >= 0.6 is 0 Å². The predicted octanol–water partition coefficient (Wildman–Crippen LogP) is 2.61. The molecule has 0 aliphatic heterocycles. The summed E-state index contributed by atoms with van der Waals surface area (Å²) in [4.78, 5) is 0. The summed E-state index contributed by atoms with van der Waals surface area (Å²) >= 11 is 0. The standard InChI is InChI=1S/C15H17N5O/c1-11(9-15-7-4-8-21-15)16-13-5-3-6-14(10-13)20-12(2)17-18-19-20/h3-8,10-11,16H,9H2,1-2H3. The average molecular weight is 283 g/mol. The van der Waals surface area contributed by atoms with Gasteiger partial charge in [0.2, 0.25) is 0 Å². The molecule has 0 amide bonds. The van der Waals surface area contributed by atoms with Crippen molar-refractivity contribution < 1.29 is 4.42 Å². The van der Waals surface area contributed by atoms with Gasteiger partial charge < -0.3 is 9.73 Å². The lowest BCUT2D eigenvalue weighted by atomic mass is 10.2. The number of hydrogen-bond donors (Lipinski definition) is 1. The normalized spacial score (nSPS) is 12.3. The lowest BCUT2D eigenvalue weighted by molar-refractivity contribution is 0.498. The Bertz CT molecular complexity index is 704. The summed E-state index contributed by atoms with van der Waals surface area (Å²) in [6.07, 6.45) is 2.53. The van der Waals surface area contributed by atoms with Crippen molar-refractivity contribution in [1.29, 1.82) is 0 Å². The molecule has 3 rings (SSSR count). The zero-order valence-corrected chi connectivity index (χ0v) is 12.0. The van der Waals surface area contributed by atoms with Crippen molar-refractivity contribution >= 4 is 5.69 Å². The van der Waals surface area contributed by atoms with Crippen LogP contribution in [0.1, 0.15) is 18.5 Å². The van der Waals surface area contributed by atoms with Gasteiger partial charge in [0, 0.05) is 18.2 Å². The van der Waals surface area contributed by atoms with Gasteiger partial charge in [0.25, 0.3) is 0 Å². The molecule has 2 aromatic heterocycles. The Morgan fingerprint density at radius 2 is 2.19 bits per heavy atom. The molecule has 0 bridgehead atoms. The van der Waals surface area contributed by atoms with Crippen LogP contribution in [0, 0.1) is 6.92 Å². The molecular formula is C15H17N5O. The Balaban J connectivity index is 1.73. The van der Waals surface area contributed by atoms with Crippen molar-refractivity contribution in [3.8, 4) is 5.69 Å². The van der Waals surface area contributed by atoms with Gasteiger partial charge in [-0.05, 0) is 54.6 Å². The maximum absolute atomic E-state index is 5.37. The highest BCUT2D eigenvalue weighted by molar-refractivity contribution is 5.51. The number of benzene rings is 1. The number of tetrazole rings is 1. The molecule has 0 fully saturated rings. The fourth-order valence-electron chi connectivity index (χ4n) is 2.26. The van der Waals surface area contributed by atoms with E-state index in [1.54, 1.807) is 10.9 Å². The van der Waals surface area contributed by atoms with Crippen molar-refractivity contribution in [2.45, 2.75) is 26.3 Å². The number of aromatic nitrogens is 4.